The summed E-state index contributed by atoms with van der Waals surface area (Å²) in [6, 6.07) is 23.4. The van der Waals surface area contributed by atoms with E-state index in [0.29, 0.717) is 41.8 Å². The van der Waals surface area contributed by atoms with E-state index >= 15 is 0 Å². The number of nitrogens with zero attached hydrogens (tertiary/aromatic N) is 6. The molecule has 0 aliphatic carbocycles. The fourth-order valence-corrected chi connectivity index (χ4v) is 5.78. The van der Waals surface area contributed by atoms with Crippen molar-refractivity contribution in [1.29, 1.82) is 0 Å². The van der Waals surface area contributed by atoms with Crippen LogP contribution in [0.1, 0.15) is 25.0 Å². The molecule has 0 radical (unpaired) electrons. The first-order valence-electron chi connectivity index (χ1n) is 13.2. The lowest BCUT2D eigenvalue weighted by Gasteiger charge is -2.15. The van der Waals surface area contributed by atoms with Crippen molar-refractivity contribution >= 4 is 50.9 Å². The number of para-hydroxylation sites is 3. The molecule has 6 rings (SSSR count). The van der Waals surface area contributed by atoms with E-state index in [9.17, 15) is 4.79 Å². The summed E-state index contributed by atoms with van der Waals surface area (Å²) >= 11 is 1.39. The molecule has 3 heterocycles. The number of ether oxygens (including phenoxy) is 1. The van der Waals surface area contributed by atoms with Crippen molar-refractivity contribution in [2.75, 3.05) is 12.4 Å². The van der Waals surface area contributed by atoms with Gasteiger partial charge in [0, 0.05) is 30.1 Å². The number of benzene rings is 3. The van der Waals surface area contributed by atoms with Crippen molar-refractivity contribution in [2.45, 2.75) is 43.6 Å². The molecule has 0 bridgehead atoms. The Bertz CT molecular complexity index is 1840. The van der Waals surface area contributed by atoms with Crippen molar-refractivity contribution in [2.24, 2.45) is 0 Å². The highest BCUT2D eigenvalue weighted by molar-refractivity contribution is 8.00. The van der Waals surface area contributed by atoms with Gasteiger partial charge in [-0.2, -0.15) is 4.52 Å². The topological polar surface area (TPSA) is 99.2 Å². The number of methoxy groups -OCH3 is 1. The molecule has 40 heavy (non-hydrogen) atoms. The molecule has 0 saturated heterocycles. The molecule has 0 spiro atoms. The zero-order valence-electron chi connectivity index (χ0n) is 22.5. The zero-order chi connectivity index (χ0) is 27.6. The first kappa shape index (κ1) is 25.8. The predicted octanol–water partition coefficient (Wildman–Crippen LogP) is 5.70. The van der Waals surface area contributed by atoms with E-state index in [1.807, 2.05) is 74.5 Å². The largest absolute Gasteiger partial charge is 0.497 e. The molecular weight excluding hydrogens is 522 g/mol. The molecule has 0 aliphatic rings. The van der Waals surface area contributed by atoms with Gasteiger partial charge in [-0.05, 0) is 49.7 Å². The van der Waals surface area contributed by atoms with Gasteiger partial charge in [0.25, 0.3) is 0 Å². The van der Waals surface area contributed by atoms with Crippen LogP contribution in [0.4, 0.5) is 5.69 Å². The van der Waals surface area contributed by atoms with E-state index in [0.717, 1.165) is 33.4 Å². The molecule has 0 saturated carbocycles. The maximum Gasteiger partial charge on any atom is 0.237 e. The number of aryl methyl sites for hydroxylation is 3. The SMILES string of the molecule is CC[C@H](Sc1nc2ccccc2c2nc(CCn3c(C)nc4ccccc43)nn12)C(=O)Nc1cccc(OC)c1. The Hall–Kier alpha value is -4.44. The lowest BCUT2D eigenvalue weighted by atomic mass is 10.2. The number of fused-ring (bicyclic) bond motifs is 4. The Morgan fingerprint density at radius 1 is 1.00 bits per heavy atom. The van der Waals surface area contributed by atoms with Crippen LogP contribution in [0.2, 0.25) is 0 Å². The molecule has 9 nitrogen and oxygen atoms in total. The summed E-state index contributed by atoms with van der Waals surface area (Å²) in [5.41, 5.74) is 4.31. The monoisotopic (exact) mass is 551 g/mol. The van der Waals surface area contributed by atoms with Crippen molar-refractivity contribution in [3.8, 4) is 5.75 Å². The molecule has 10 heteroatoms. The molecule has 1 atom stereocenters. The summed E-state index contributed by atoms with van der Waals surface area (Å²) < 4.78 is 9.27. The van der Waals surface area contributed by atoms with Crippen LogP contribution in [0, 0.1) is 6.92 Å². The number of hydrogen-bond donors (Lipinski definition) is 1. The summed E-state index contributed by atoms with van der Waals surface area (Å²) in [6.07, 6.45) is 1.25. The number of rotatable bonds is 9. The number of nitrogens with one attached hydrogen (secondary N) is 1. The van der Waals surface area contributed by atoms with Crippen LogP contribution < -0.4 is 10.1 Å². The van der Waals surface area contributed by atoms with Gasteiger partial charge in [0.1, 0.15) is 11.6 Å². The average molecular weight is 552 g/mol. The highest BCUT2D eigenvalue weighted by Gasteiger charge is 2.23. The smallest absolute Gasteiger partial charge is 0.237 e. The Labute approximate surface area is 235 Å². The minimum absolute atomic E-state index is 0.105. The summed E-state index contributed by atoms with van der Waals surface area (Å²) in [4.78, 5) is 27.8. The highest BCUT2D eigenvalue weighted by Crippen LogP contribution is 2.29. The Morgan fingerprint density at radius 3 is 2.62 bits per heavy atom. The van der Waals surface area contributed by atoms with Gasteiger partial charge < -0.3 is 14.6 Å². The molecule has 0 fully saturated rings. The van der Waals surface area contributed by atoms with Crippen molar-refractivity contribution < 1.29 is 9.53 Å². The highest BCUT2D eigenvalue weighted by atomic mass is 32.2. The lowest BCUT2D eigenvalue weighted by Crippen LogP contribution is -2.25. The molecule has 6 aromatic rings. The van der Waals surface area contributed by atoms with Crippen molar-refractivity contribution in [1.82, 2.24) is 29.1 Å². The van der Waals surface area contributed by atoms with E-state index in [-0.39, 0.29) is 11.2 Å². The second kappa shape index (κ2) is 11.0. The molecule has 202 valence electrons. The lowest BCUT2D eigenvalue weighted by molar-refractivity contribution is -0.115. The standard InChI is InChI=1S/C30H29N7O2S/c1-4-26(29(38)32-20-10-9-11-21(18-20)39-3)40-30-33-23-13-6-5-12-22(23)28-34-27(35-37(28)30)16-17-36-19(2)31-24-14-7-8-15-25(24)36/h5-15,18,26H,4,16-17H2,1-3H3,(H,32,38)/t26-/m0/s1. The van der Waals surface area contributed by atoms with E-state index in [1.165, 1.54) is 11.8 Å². The second-order valence-corrected chi connectivity index (χ2v) is 10.6. The second-order valence-electron chi connectivity index (χ2n) is 9.46. The van der Waals surface area contributed by atoms with E-state index in [2.05, 4.69) is 20.9 Å². The predicted molar refractivity (Wildman–Crippen MR) is 158 cm³/mol. The van der Waals surface area contributed by atoms with E-state index < -0.39 is 0 Å². The fourth-order valence-electron chi connectivity index (χ4n) is 4.82. The van der Waals surface area contributed by atoms with Gasteiger partial charge in [0.15, 0.2) is 16.6 Å². The molecule has 1 N–H and O–H groups in total. The Balaban J connectivity index is 1.30. The van der Waals surface area contributed by atoms with Crippen LogP contribution in [0.25, 0.3) is 27.6 Å². The Morgan fingerprint density at radius 2 is 1.80 bits per heavy atom. The van der Waals surface area contributed by atoms with Crippen LogP contribution in [0.5, 0.6) is 5.75 Å². The number of anilines is 1. The molecule has 1 amide bonds. The van der Waals surface area contributed by atoms with Crippen LogP contribution >= 0.6 is 11.8 Å². The zero-order valence-corrected chi connectivity index (χ0v) is 23.4. The minimum atomic E-state index is -0.379. The first-order valence-corrected chi connectivity index (χ1v) is 14.1. The number of amides is 1. The summed E-state index contributed by atoms with van der Waals surface area (Å²) in [7, 11) is 1.60. The third-order valence-corrected chi connectivity index (χ3v) is 8.15. The molecule has 3 aromatic heterocycles. The summed E-state index contributed by atoms with van der Waals surface area (Å²) in [6.45, 7) is 4.72. The molecule has 3 aromatic carbocycles. The molecular formula is C30H29N7O2S. The van der Waals surface area contributed by atoms with Gasteiger partial charge in [-0.15, -0.1) is 5.10 Å². The van der Waals surface area contributed by atoms with Gasteiger partial charge in [0.05, 0.1) is 28.9 Å². The maximum atomic E-state index is 13.3. The number of imidazole rings is 1. The quantitative estimate of drug-likeness (QED) is 0.182. The third-order valence-electron chi connectivity index (χ3n) is 6.85. The minimum Gasteiger partial charge on any atom is -0.497 e. The van der Waals surface area contributed by atoms with Gasteiger partial charge in [-0.25, -0.2) is 15.0 Å². The number of hydrogen-bond acceptors (Lipinski definition) is 7. The molecule has 0 unspecified atom stereocenters. The average Bonchev–Trinajstić information content (AvgIpc) is 3.55. The van der Waals surface area contributed by atoms with Gasteiger partial charge in [0.2, 0.25) is 5.91 Å². The summed E-state index contributed by atoms with van der Waals surface area (Å²) in [5.74, 6) is 2.25. The van der Waals surface area contributed by atoms with Gasteiger partial charge in [-0.1, -0.05) is 49.0 Å². The third kappa shape index (κ3) is 4.98. The number of carbonyl (C=O) groups excluding carboxylic acids is 1. The maximum absolute atomic E-state index is 13.3. The van der Waals surface area contributed by atoms with E-state index in [4.69, 9.17) is 19.8 Å². The molecule has 0 aliphatic heterocycles. The van der Waals surface area contributed by atoms with Crippen molar-refractivity contribution in [3.05, 3.63) is 84.4 Å². The van der Waals surface area contributed by atoms with Crippen molar-refractivity contribution in [3.63, 3.8) is 0 Å². The number of thioether (sulfide) groups is 1. The van der Waals surface area contributed by atoms with E-state index in [1.54, 1.807) is 17.7 Å². The summed E-state index contributed by atoms with van der Waals surface area (Å²) in [5, 5.41) is 9.05. The van der Waals surface area contributed by atoms with Crippen LogP contribution in [-0.2, 0) is 17.8 Å². The number of carbonyl (C=O) groups is 1. The van der Waals surface area contributed by atoms with Crippen LogP contribution in [-0.4, -0.2) is 47.4 Å². The van der Waals surface area contributed by atoms with Crippen LogP contribution in [0.3, 0.4) is 0 Å². The fraction of sp³-hybridized carbons (Fsp3) is 0.233. The van der Waals surface area contributed by atoms with Gasteiger partial charge >= 0.3 is 0 Å². The normalized spacial score (nSPS) is 12.3. The first-order chi connectivity index (χ1) is 19.5. The van der Waals surface area contributed by atoms with Gasteiger partial charge in [-0.3, -0.25) is 4.79 Å². The number of aromatic nitrogens is 6. The van der Waals surface area contributed by atoms with Crippen LogP contribution in [0.15, 0.2) is 78.0 Å². The Kier molecular flexibility index (Phi) is 7.08.